The normalized spacial score (nSPS) is 19.3. The molecule has 4 rings (SSSR count). The summed E-state index contributed by atoms with van der Waals surface area (Å²) in [5.74, 6) is 0.766. The second-order valence-corrected chi connectivity index (χ2v) is 7.71. The molecule has 144 valence electrons. The highest BCUT2D eigenvalue weighted by Crippen LogP contribution is 2.22. The molecule has 1 saturated heterocycles. The molecule has 2 aliphatic rings. The molecule has 1 amide bonds. The van der Waals surface area contributed by atoms with E-state index >= 15 is 0 Å². The van der Waals surface area contributed by atoms with Crippen LogP contribution in [0, 0.1) is 13.8 Å². The van der Waals surface area contributed by atoms with E-state index in [-0.39, 0.29) is 17.5 Å². The maximum absolute atomic E-state index is 12.9. The Labute approximate surface area is 158 Å². The van der Waals surface area contributed by atoms with Crippen LogP contribution in [0.5, 0.6) is 0 Å². The molecule has 0 bridgehead atoms. The second-order valence-electron chi connectivity index (χ2n) is 7.71. The monoisotopic (exact) mass is 370 g/mol. The van der Waals surface area contributed by atoms with Gasteiger partial charge in [-0.3, -0.25) is 9.59 Å². The third-order valence-electron chi connectivity index (χ3n) is 5.86. The first-order chi connectivity index (χ1) is 13.0. The van der Waals surface area contributed by atoms with Crippen LogP contribution in [0.25, 0.3) is 0 Å². The quantitative estimate of drug-likeness (QED) is 0.822. The van der Waals surface area contributed by atoms with Crippen molar-refractivity contribution in [2.75, 3.05) is 6.54 Å². The van der Waals surface area contributed by atoms with Crippen molar-refractivity contribution in [2.24, 2.45) is 0 Å². The van der Waals surface area contributed by atoms with Gasteiger partial charge in [0.1, 0.15) is 5.76 Å². The topological polar surface area (TPSA) is 81.2 Å². The molecule has 7 nitrogen and oxygen atoms in total. The SMILES string of the molecule is Cc1noc(C)c1CC(=O)N1CCCC1Cn1nc2c(cc1=O)CCCC2. The maximum atomic E-state index is 12.9. The van der Waals surface area contributed by atoms with Gasteiger partial charge >= 0.3 is 0 Å². The van der Waals surface area contributed by atoms with Crippen molar-refractivity contribution in [1.29, 1.82) is 0 Å². The third kappa shape index (κ3) is 3.55. The minimum absolute atomic E-state index is 0.0183. The summed E-state index contributed by atoms with van der Waals surface area (Å²) in [4.78, 5) is 27.3. The van der Waals surface area contributed by atoms with E-state index in [1.165, 1.54) is 0 Å². The Bertz CT molecular complexity index is 895. The molecule has 1 aliphatic carbocycles. The lowest BCUT2D eigenvalue weighted by molar-refractivity contribution is -0.131. The number of hydrogen-bond acceptors (Lipinski definition) is 5. The summed E-state index contributed by atoms with van der Waals surface area (Å²) in [7, 11) is 0. The van der Waals surface area contributed by atoms with E-state index < -0.39 is 0 Å². The largest absolute Gasteiger partial charge is 0.361 e. The number of fused-ring (bicyclic) bond motifs is 1. The summed E-state index contributed by atoms with van der Waals surface area (Å²) in [5, 5.41) is 8.55. The molecule has 27 heavy (non-hydrogen) atoms. The van der Waals surface area contributed by atoms with Gasteiger partial charge in [0.25, 0.3) is 5.56 Å². The first kappa shape index (κ1) is 17.9. The van der Waals surface area contributed by atoms with Crippen LogP contribution in [0.15, 0.2) is 15.4 Å². The van der Waals surface area contributed by atoms with Gasteiger partial charge in [-0.15, -0.1) is 0 Å². The lowest BCUT2D eigenvalue weighted by atomic mass is 9.97. The number of likely N-dealkylation sites (tertiary alicyclic amines) is 1. The maximum Gasteiger partial charge on any atom is 0.267 e. The molecule has 0 saturated carbocycles. The van der Waals surface area contributed by atoms with Gasteiger partial charge in [0.2, 0.25) is 5.91 Å². The number of amides is 1. The minimum atomic E-state index is -0.0549. The molecule has 0 aromatic carbocycles. The summed E-state index contributed by atoms with van der Waals surface area (Å²) in [6.07, 6.45) is 6.30. The van der Waals surface area contributed by atoms with Crippen LogP contribution in [-0.2, 0) is 30.6 Å². The molecule has 2 aromatic rings. The zero-order valence-corrected chi connectivity index (χ0v) is 16.0. The van der Waals surface area contributed by atoms with E-state index in [0.717, 1.165) is 67.6 Å². The zero-order chi connectivity index (χ0) is 19.0. The van der Waals surface area contributed by atoms with E-state index in [1.807, 2.05) is 18.7 Å². The van der Waals surface area contributed by atoms with E-state index in [1.54, 1.807) is 10.7 Å². The van der Waals surface area contributed by atoms with Crippen LogP contribution < -0.4 is 5.56 Å². The molecule has 0 spiro atoms. The standard InChI is InChI=1S/C20H26N4O3/c1-13-17(14(2)27-22-13)11-19(25)23-9-5-7-16(23)12-24-20(26)10-15-6-3-4-8-18(15)21-24/h10,16H,3-9,11-12H2,1-2H3. The van der Waals surface area contributed by atoms with Crippen molar-refractivity contribution in [3.8, 4) is 0 Å². The van der Waals surface area contributed by atoms with Crippen molar-refractivity contribution in [3.05, 3.63) is 44.7 Å². The van der Waals surface area contributed by atoms with Gasteiger partial charge < -0.3 is 9.42 Å². The Balaban J connectivity index is 1.50. The molecule has 1 fully saturated rings. The van der Waals surface area contributed by atoms with Crippen molar-refractivity contribution in [1.82, 2.24) is 19.8 Å². The number of carbonyl (C=O) groups is 1. The van der Waals surface area contributed by atoms with Crippen LogP contribution in [0.4, 0.5) is 0 Å². The number of aromatic nitrogens is 3. The smallest absolute Gasteiger partial charge is 0.267 e. The number of nitrogens with zero attached hydrogens (tertiary/aromatic N) is 4. The van der Waals surface area contributed by atoms with Crippen molar-refractivity contribution in [3.63, 3.8) is 0 Å². The van der Waals surface area contributed by atoms with Crippen molar-refractivity contribution >= 4 is 5.91 Å². The van der Waals surface area contributed by atoms with Crippen LogP contribution >= 0.6 is 0 Å². The third-order valence-corrected chi connectivity index (χ3v) is 5.86. The molecule has 1 unspecified atom stereocenters. The summed E-state index contributed by atoms with van der Waals surface area (Å²) < 4.78 is 6.74. The van der Waals surface area contributed by atoms with E-state index in [9.17, 15) is 9.59 Å². The summed E-state index contributed by atoms with van der Waals surface area (Å²) in [5.41, 5.74) is 3.73. The Morgan fingerprint density at radius 2 is 2.07 bits per heavy atom. The Morgan fingerprint density at radius 3 is 2.85 bits per heavy atom. The van der Waals surface area contributed by atoms with Gasteiger partial charge in [-0.1, -0.05) is 5.16 Å². The first-order valence-electron chi connectivity index (χ1n) is 9.84. The first-order valence-corrected chi connectivity index (χ1v) is 9.84. The van der Waals surface area contributed by atoms with E-state index in [2.05, 4.69) is 10.3 Å². The predicted molar refractivity (Wildman–Crippen MR) is 99.6 cm³/mol. The Morgan fingerprint density at radius 1 is 1.26 bits per heavy atom. The molecular weight excluding hydrogens is 344 g/mol. The van der Waals surface area contributed by atoms with E-state index in [4.69, 9.17) is 4.52 Å². The number of rotatable bonds is 4. The highest BCUT2D eigenvalue weighted by Gasteiger charge is 2.30. The van der Waals surface area contributed by atoms with Gasteiger partial charge in [-0.2, -0.15) is 5.10 Å². The van der Waals surface area contributed by atoms with Gasteiger partial charge in [0.05, 0.1) is 30.4 Å². The summed E-state index contributed by atoms with van der Waals surface area (Å²) in [6, 6.07) is 1.76. The van der Waals surface area contributed by atoms with Gasteiger partial charge in [-0.25, -0.2) is 4.68 Å². The van der Waals surface area contributed by atoms with Crippen molar-refractivity contribution < 1.29 is 9.32 Å². The van der Waals surface area contributed by atoms with Gasteiger partial charge in [0, 0.05) is 18.2 Å². The Kier molecular flexibility index (Phi) is 4.85. The molecule has 0 N–H and O–H groups in total. The fraction of sp³-hybridized carbons (Fsp3) is 0.600. The van der Waals surface area contributed by atoms with Crippen molar-refractivity contribution in [2.45, 2.75) is 71.4 Å². The minimum Gasteiger partial charge on any atom is -0.361 e. The van der Waals surface area contributed by atoms with Crippen LogP contribution in [-0.4, -0.2) is 38.3 Å². The predicted octanol–water partition coefficient (Wildman–Crippen LogP) is 1.96. The lowest BCUT2D eigenvalue weighted by Crippen LogP contribution is -2.41. The molecular formula is C20H26N4O3. The number of hydrogen-bond donors (Lipinski definition) is 0. The molecule has 1 atom stereocenters. The van der Waals surface area contributed by atoms with Gasteiger partial charge in [0.15, 0.2) is 0 Å². The van der Waals surface area contributed by atoms with Crippen LogP contribution in [0.3, 0.4) is 0 Å². The average molecular weight is 370 g/mol. The molecule has 3 heterocycles. The average Bonchev–Trinajstić information content (AvgIpc) is 3.24. The Hall–Kier alpha value is -2.44. The summed E-state index contributed by atoms with van der Waals surface area (Å²) in [6.45, 7) is 4.89. The second kappa shape index (κ2) is 7.29. The summed E-state index contributed by atoms with van der Waals surface area (Å²) >= 11 is 0. The molecule has 7 heteroatoms. The van der Waals surface area contributed by atoms with Gasteiger partial charge in [-0.05, 0) is 57.9 Å². The van der Waals surface area contributed by atoms with Crippen LogP contribution in [0.1, 0.15) is 54.0 Å². The number of carbonyl (C=O) groups excluding carboxylic acids is 1. The fourth-order valence-electron chi connectivity index (χ4n) is 4.29. The highest BCUT2D eigenvalue weighted by molar-refractivity contribution is 5.79. The molecule has 1 aliphatic heterocycles. The lowest BCUT2D eigenvalue weighted by Gasteiger charge is -2.25. The van der Waals surface area contributed by atoms with E-state index in [0.29, 0.717) is 18.7 Å². The van der Waals surface area contributed by atoms with Crippen LogP contribution in [0.2, 0.25) is 0 Å². The fourth-order valence-corrected chi connectivity index (χ4v) is 4.29. The number of aryl methyl sites for hydroxylation is 4. The molecule has 2 aromatic heterocycles. The highest BCUT2D eigenvalue weighted by atomic mass is 16.5. The zero-order valence-electron chi connectivity index (χ0n) is 16.0. The molecule has 0 radical (unpaired) electrons.